The molecule has 3 amide bonds. The van der Waals surface area contributed by atoms with Gasteiger partial charge >= 0.3 is 12.1 Å². The largest absolute Gasteiger partial charge is 0.449 e. The Balaban J connectivity index is 1.62. The van der Waals surface area contributed by atoms with Gasteiger partial charge in [-0.25, -0.2) is 14.6 Å². The molecule has 0 aliphatic heterocycles. The first kappa shape index (κ1) is 33.3. The zero-order chi connectivity index (χ0) is 31.3. The molecule has 3 rings (SSSR count). The Labute approximate surface area is 255 Å². The molecule has 0 fully saturated rings. The van der Waals surface area contributed by atoms with Crippen molar-refractivity contribution in [3.8, 4) is 0 Å². The summed E-state index contributed by atoms with van der Waals surface area (Å²) in [6.07, 6.45) is 1.89. The fourth-order valence-electron chi connectivity index (χ4n) is 3.60. The molecule has 0 bridgehead atoms. The Bertz CT molecular complexity index is 1330. The van der Waals surface area contributed by atoms with Gasteiger partial charge in [-0.15, -0.1) is 0 Å². The number of nitrogens with zero attached hydrogens (tertiary/aromatic N) is 2. The molecule has 0 radical (unpaired) electrons. The standard InChI is InChI=1S/C31H45N7O4Si/c1-7-32-29(39)37-26-16-11-15-25(19-26)36-28-34-21-24(22-42-43(5,6)31(2,3)4)27(38-28)33-17-12-18-41-30(40)35-20-23-13-9-8-10-14-23/h8-11,13-16,19,21H,7,12,17-18,20,22H2,1-6H3,(H,35,40)(H2,32,37,39)(H2,33,34,36,38). The highest BCUT2D eigenvalue weighted by Gasteiger charge is 2.37. The molecule has 0 aliphatic rings. The van der Waals surface area contributed by atoms with Crippen LogP contribution in [0.5, 0.6) is 0 Å². The number of hydrogen-bond donors (Lipinski definition) is 5. The zero-order valence-electron chi connectivity index (χ0n) is 26.0. The summed E-state index contributed by atoms with van der Waals surface area (Å²) < 4.78 is 11.8. The number of carbonyl (C=O) groups is 2. The van der Waals surface area contributed by atoms with Crippen LogP contribution in [0.15, 0.2) is 60.8 Å². The van der Waals surface area contributed by atoms with Gasteiger partial charge in [-0.3, -0.25) is 0 Å². The monoisotopic (exact) mass is 607 g/mol. The number of urea groups is 1. The summed E-state index contributed by atoms with van der Waals surface area (Å²) in [4.78, 5) is 33.2. The van der Waals surface area contributed by atoms with E-state index in [2.05, 4.69) is 65.4 Å². The Morgan fingerprint density at radius 2 is 1.72 bits per heavy atom. The summed E-state index contributed by atoms with van der Waals surface area (Å²) in [5.74, 6) is 1.03. The Morgan fingerprint density at radius 1 is 0.977 bits per heavy atom. The SMILES string of the molecule is CCNC(=O)Nc1cccc(Nc2ncc(CO[Si](C)(C)C(C)(C)C)c(NCCCOC(=O)NCc3ccccc3)n2)c1. The van der Waals surface area contributed by atoms with Gasteiger partial charge in [-0.2, -0.15) is 4.98 Å². The summed E-state index contributed by atoms with van der Waals surface area (Å²) in [5.41, 5.74) is 3.21. The number of nitrogens with one attached hydrogen (secondary N) is 5. The molecule has 232 valence electrons. The quantitative estimate of drug-likeness (QED) is 0.102. The lowest BCUT2D eigenvalue weighted by Gasteiger charge is -2.36. The number of carbonyl (C=O) groups excluding carboxylic acids is 2. The van der Waals surface area contributed by atoms with Gasteiger partial charge in [0.05, 0.1) is 13.2 Å². The number of hydrogen-bond acceptors (Lipinski definition) is 8. The van der Waals surface area contributed by atoms with Crippen LogP contribution in [0.2, 0.25) is 18.1 Å². The van der Waals surface area contributed by atoms with E-state index in [1.807, 2.05) is 49.4 Å². The number of rotatable bonds is 14. The molecule has 3 aromatic rings. The predicted molar refractivity (Wildman–Crippen MR) is 174 cm³/mol. The van der Waals surface area contributed by atoms with E-state index in [1.54, 1.807) is 18.3 Å². The average Bonchev–Trinajstić information content (AvgIpc) is 2.95. The van der Waals surface area contributed by atoms with E-state index in [-0.39, 0.29) is 17.7 Å². The second kappa shape index (κ2) is 15.9. The van der Waals surface area contributed by atoms with E-state index in [9.17, 15) is 9.59 Å². The highest BCUT2D eigenvalue weighted by atomic mass is 28.4. The number of benzene rings is 2. The number of anilines is 4. The fraction of sp³-hybridized carbons (Fsp3) is 0.419. The van der Waals surface area contributed by atoms with E-state index < -0.39 is 14.4 Å². The van der Waals surface area contributed by atoms with Crippen molar-refractivity contribution in [3.05, 3.63) is 71.9 Å². The molecule has 11 nitrogen and oxygen atoms in total. The molecule has 5 N–H and O–H groups in total. The second-order valence-electron chi connectivity index (χ2n) is 11.6. The van der Waals surface area contributed by atoms with E-state index in [4.69, 9.17) is 14.1 Å². The third-order valence-electron chi connectivity index (χ3n) is 7.10. The van der Waals surface area contributed by atoms with Crippen LogP contribution in [0, 0.1) is 0 Å². The van der Waals surface area contributed by atoms with Gasteiger partial charge in [0.1, 0.15) is 5.82 Å². The molecular formula is C31H45N7O4Si. The van der Waals surface area contributed by atoms with Crippen LogP contribution in [-0.4, -0.2) is 50.1 Å². The topological polar surface area (TPSA) is 139 Å². The van der Waals surface area contributed by atoms with Gasteiger partial charge < -0.3 is 35.7 Å². The van der Waals surface area contributed by atoms with Crippen molar-refractivity contribution in [2.45, 2.75) is 65.4 Å². The maximum atomic E-state index is 12.1. The van der Waals surface area contributed by atoms with E-state index in [0.717, 1.165) is 16.8 Å². The highest BCUT2D eigenvalue weighted by Crippen LogP contribution is 2.37. The molecule has 0 aliphatic carbocycles. The van der Waals surface area contributed by atoms with Gasteiger partial charge in [-0.1, -0.05) is 57.2 Å². The predicted octanol–water partition coefficient (Wildman–Crippen LogP) is 6.61. The number of alkyl carbamates (subject to hydrolysis) is 1. The first-order valence-electron chi connectivity index (χ1n) is 14.6. The second-order valence-corrected chi connectivity index (χ2v) is 16.4. The van der Waals surface area contributed by atoms with Crippen LogP contribution in [0.3, 0.4) is 0 Å². The van der Waals surface area contributed by atoms with Gasteiger partial charge in [0, 0.05) is 42.8 Å². The molecule has 43 heavy (non-hydrogen) atoms. The van der Waals surface area contributed by atoms with Gasteiger partial charge in [-0.05, 0) is 55.2 Å². The zero-order valence-corrected chi connectivity index (χ0v) is 27.0. The van der Waals surface area contributed by atoms with Crippen LogP contribution in [0.1, 0.15) is 45.2 Å². The van der Waals surface area contributed by atoms with Crippen LogP contribution in [-0.2, 0) is 22.3 Å². The molecular weight excluding hydrogens is 562 g/mol. The minimum Gasteiger partial charge on any atom is -0.449 e. The van der Waals surface area contributed by atoms with Gasteiger partial charge in [0.2, 0.25) is 5.95 Å². The molecule has 12 heteroatoms. The first-order valence-corrected chi connectivity index (χ1v) is 17.5. The highest BCUT2D eigenvalue weighted by molar-refractivity contribution is 6.74. The van der Waals surface area contributed by atoms with E-state index >= 15 is 0 Å². The summed E-state index contributed by atoms with van der Waals surface area (Å²) >= 11 is 0. The van der Waals surface area contributed by atoms with Crippen molar-refractivity contribution < 1.29 is 18.8 Å². The van der Waals surface area contributed by atoms with Crippen molar-refractivity contribution in [2.24, 2.45) is 0 Å². The Hall–Kier alpha value is -4.16. The minimum absolute atomic E-state index is 0.0639. The minimum atomic E-state index is -2.00. The molecule has 0 saturated heterocycles. The molecule has 0 unspecified atom stereocenters. The number of aromatic nitrogens is 2. The first-order chi connectivity index (χ1) is 20.5. The summed E-state index contributed by atoms with van der Waals surface area (Å²) in [5, 5.41) is 14.9. The van der Waals surface area contributed by atoms with E-state index in [1.165, 1.54) is 0 Å². The van der Waals surface area contributed by atoms with Crippen LogP contribution < -0.4 is 26.6 Å². The summed E-state index contributed by atoms with van der Waals surface area (Å²) in [7, 11) is -2.00. The molecule has 0 saturated carbocycles. The molecule has 2 aromatic carbocycles. The lowest BCUT2D eigenvalue weighted by Crippen LogP contribution is -2.40. The molecule has 1 aromatic heterocycles. The fourth-order valence-corrected chi connectivity index (χ4v) is 4.55. The van der Waals surface area contributed by atoms with E-state index in [0.29, 0.717) is 50.1 Å². The van der Waals surface area contributed by atoms with Crippen molar-refractivity contribution >= 4 is 43.6 Å². The third-order valence-corrected chi connectivity index (χ3v) is 11.6. The normalized spacial score (nSPS) is 11.4. The van der Waals surface area contributed by atoms with Crippen molar-refractivity contribution in [3.63, 3.8) is 0 Å². The smallest absolute Gasteiger partial charge is 0.407 e. The Kier molecular flexibility index (Phi) is 12.3. The molecule has 1 heterocycles. The summed E-state index contributed by atoms with van der Waals surface area (Å²) in [6, 6.07) is 16.7. The lowest BCUT2D eigenvalue weighted by atomic mass is 10.2. The van der Waals surface area contributed by atoms with Crippen molar-refractivity contribution in [1.82, 2.24) is 20.6 Å². The molecule has 0 atom stereocenters. The van der Waals surface area contributed by atoms with Crippen molar-refractivity contribution in [2.75, 3.05) is 35.6 Å². The third kappa shape index (κ3) is 11.2. The Morgan fingerprint density at radius 3 is 2.44 bits per heavy atom. The maximum Gasteiger partial charge on any atom is 0.407 e. The van der Waals surface area contributed by atoms with Crippen LogP contribution in [0.4, 0.5) is 32.7 Å². The van der Waals surface area contributed by atoms with Gasteiger partial charge in [0.25, 0.3) is 0 Å². The average molecular weight is 608 g/mol. The van der Waals surface area contributed by atoms with Crippen LogP contribution in [0.25, 0.3) is 0 Å². The maximum absolute atomic E-state index is 12.1. The number of ether oxygens (including phenoxy) is 1. The molecule has 0 spiro atoms. The van der Waals surface area contributed by atoms with Crippen LogP contribution >= 0.6 is 0 Å². The van der Waals surface area contributed by atoms with Gasteiger partial charge in [0.15, 0.2) is 8.32 Å². The lowest BCUT2D eigenvalue weighted by molar-refractivity contribution is 0.145. The number of amides is 3. The van der Waals surface area contributed by atoms with Crippen molar-refractivity contribution in [1.29, 1.82) is 0 Å². The summed E-state index contributed by atoms with van der Waals surface area (Å²) in [6.45, 7) is 15.0.